The van der Waals surface area contributed by atoms with E-state index in [9.17, 15) is 24.5 Å². The number of ether oxygens (including phenoxy) is 2. The van der Waals surface area contributed by atoms with E-state index in [1.165, 1.54) is 19.1 Å². The summed E-state index contributed by atoms with van der Waals surface area (Å²) in [5.41, 5.74) is 0.735. The van der Waals surface area contributed by atoms with Crippen LogP contribution in [-0.2, 0) is 9.53 Å². The molecule has 0 unspecified atom stereocenters. The summed E-state index contributed by atoms with van der Waals surface area (Å²) in [6, 6.07) is 10.0. The van der Waals surface area contributed by atoms with Gasteiger partial charge in [0.1, 0.15) is 0 Å². The lowest BCUT2D eigenvalue weighted by Crippen LogP contribution is -2.23. The van der Waals surface area contributed by atoms with Crippen molar-refractivity contribution in [2.75, 3.05) is 13.2 Å². The monoisotopic (exact) mass is 414 g/mol. The molecule has 1 N–H and O–H groups in total. The number of carbonyl (C=O) groups excluding carboxylic acids is 3. The minimum absolute atomic E-state index is 0.0451. The van der Waals surface area contributed by atoms with Crippen molar-refractivity contribution in [3.05, 3.63) is 69.3 Å². The fourth-order valence-corrected chi connectivity index (χ4v) is 2.71. The molecular formula is C21H22N2O7. The molecule has 1 amide bonds. The maximum Gasteiger partial charge on any atom is 0.338 e. The second-order valence-corrected chi connectivity index (χ2v) is 6.42. The summed E-state index contributed by atoms with van der Waals surface area (Å²) >= 11 is 0. The maximum atomic E-state index is 12.3. The second-order valence-electron chi connectivity index (χ2n) is 6.42. The van der Waals surface area contributed by atoms with Gasteiger partial charge in [-0.05, 0) is 31.5 Å². The van der Waals surface area contributed by atoms with Gasteiger partial charge in [0.25, 0.3) is 0 Å². The SMILES string of the molecule is CCOc1ccc(C(=O)OCC(=O)c2ccc([C@@H](C)NC(C)=O)cc2)cc1[N+](=O)[O-]. The third-order valence-corrected chi connectivity index (χ3v) is 4.18. The summed E-state index contributed by atoms with van der Waals surface area (Å²) in [7, 11) is 0. The van der Waals surface area contributed by atoms with Crippen molar-refractivity contribution in [3.8, 4) is 5.75 Å². The highest BCUT2D eigenvalue weighted by Gasteiger charge is 2.20. The highest BCUT2D eigenvalue weighted by molar-refractivity contribution is 5.99. The summed E-state index contributed by atoms with van der Waals surface area (Å²) in [5, 5.41) is 13.9. The van der Waals surface area contributed by atoms with Crippen LogP contribution in [-0.4, -0.2) is 35.8 Å². The Kier molecular flexibility index (Phi) is 7.62. The summed E-state index contributed by atoms with van der Waals surface area (Å²) in [6.07, 6.45) is 0. The van der Waals surface area contributed by atoms with Crippen LogP contribution in [0.5, 0.6) is 5.75 Å². The molecule has 0 aromatic heterocycles. The Bertz CT molecular complexity index is 954. The molecule has 0 fully saturated rings. The zero-order valence-corrected chi connectivity index (χ0v) is 16.8. The molecule has 0 spiro atoms. The van der Waals surface area contributed by atoms with Gasteiger partial charge in [-0.1, -0.05) is 24.3 Å². The van der Waals surface area contributed by atoms with E-state index < -0.39 is 23.3 Å². The molecule has 9 heteroatoms. The number of rotatable bonds is 9. The Balaban J connectivity index is 2.02. The van der Waals surface area contributed by atoms with Gasteiger partial charge in [-0.15, -0.1) is 0 Å². The Morgan fingerprint density at radius 1 is 1.10 bits per heavy atom. The summed E-state index contributed by atoms with van der Waals surface area (Å²) < 4.78 is 10.2. The third-order valence-electron chi connectivity index (χ3n) is 4.18. The molecular weight excluding hydrogens is 392 g/mol. The molecule has 0 bridgehead atoms. The van der Waals surface area contributed by atoms with E-state index >= 15 is 0 Å². The zero-order chi connectivity index (χ0) is 22.3. The van der Waals surface area contributed by atoms with Gasteiger partial charge in [0.15, 0.2) is 18.1 Å². The van der Waals surface area contributed by atoms with Crippen LogP contribution in [0.25, 0.3) is 0 Å². The van der Waals surface area contributed by atoms with Crippen LogP contribution in [0.1, 0.15) is 53.1 Å². The van der Waals surface area contributed by atoms with Crippen LogP contribution in [0.4, 0.5) is 5.69 Å². The number of benzene rings is 2. The van der Waals surface area contributed by atoms with Gasteiger partial charge in [-0.25, -0.2) is 4.79 Å². The number of ketones is 1. The Morgan fingerprint density at radius 2 is 1.73 bits per heavy atom. The number of carbonyl (C=O) groups is 3. The molecule has 2 aromatic carbocycles. The number of hydrogen-bond donors (Lipinski definition) is 1. The summed E-state index contributed by atoms with van der Waals surface area (Å²) in [4.78, 5) is 46.1. The van der Waals surface area contributed by atoms with Crippen LogP contribution >= 0.6 is 0 Å². The molecule has 2 rings (SSSR count). The van der Waals surface area contributed by atoms with E-state index in [1.807, 2.05) is 6.92 Å². The van der Waals surface area contributed by atoms with Crippen LogP contribution < -0.4 is 10.1 Å². The number of nitro groups is 1. The Hall–Kier alpha value is -3.75. The van der Waals surface area contributed by atoms with Gasteiger partial charge >= 0.3 is 11.7 Å². The largest absolute Gasteiger partial charge is 0.487 e. The smallest absolute Gasteiger partial charge is 0.338 e. The quantitative estimate of drug-likeness (QED) is 0.289. The summed E-state index contributed by atoms with van der Waals surface area (Å²) in [6.45, 7) is 4.64. The average molecular weight is 414 g/mol. The van der Waals surface area contributed by atoms with E-state index in [1.54, 1.807) is 31.2 Å². The van der Waals surface area contributed by atoms with Crippen LogP contribution in [0.2, 0.25) is 0 Å². The molecule has 0 radical (unpaired) electrons. The minimum Gasteiger partial charge on any atom is -0.487 e. The molecule has 9 nitrogen and oxygen atoms in total. The lowest BCUT2D eigenvalue weighted by atomic mass is 10.0. The molecule has 30 heavy (non-hydrogen) atoms. The number of esters is 1. The van der Waals surface area contributed by atoms with Crippen molar-refractivity contribution >= 4 is 23.3 Å². The topological polar surface area (TPSA) is 125 Å². The zero-order valence-electron chi connectivity index (χ0n) is 16.8. The van der Waals surface area contributed by atoms with Crippen molar-refractivity contribution < 1.29 is 28.8 Å². The van der Waals surface area contributed by atoms with E-state index in [0.717, 1.165) is 11.6 Å². The van der Waals surface area contributed by atoms with E-state index in [-0.39, 0.29) is 35.6 Å². The first-order valence-corrected chi connectivity index (χ1v) is 9.21. The first kappa shape index (κ1) is 22.5. The molecule has 0 aliphatic heterocycles. The van der Waals surface area contributed by atoms with Crippen molar-refractivity contribution in [2.24, 2.45) is 0 Å². The number of nitrogens with zero attached hydrogens (tertiary/aromatic N) is 1. The van der Waals surface area contributed by atoms with Crippen LogP contribution in [0.15, 0.2) is 42.5 Å². The van der Waals surface area contributed by atoms with Gasteiger partial charge in [0, 0.05) is 18.6 Å². The number of nitro benzene ring substituents is 1. The fourth-order valence-electron chi connectivity index (χ4n) is 2.71. The predicted molar refractivity (Wildman–Crippen MR) is 108 cm³/mol. The van der Waals surface area contributed by atoms with Crippen molar-refractivity contribution in [1.29, 1.82) is 0 Å². The molecule has 0 heterocycles. The second kappa shape index (κ2) is 10.1. The number of hydrogen-bond acceptors (Lipinski definition) is 7. The third kappa shape index (κ3) is 5.87. The van der Waals surface area contributed by atoms with Crippen molar-refractivity contribution in [2.45, 2.75) is 26.8 Å². The Morgan fingerprint density at radius 3 is 2.30 bits per heavy atom. The molecule has 2 aromatic rings. The van der Waals surface area contributed by atoms with E-state index in [2.05, 4.69) is 5.32 Å². The first-order chi connectivity index (χ1) is 14.2. The average Bonchev–Trinajstić information content (AvgIpc) is 2.71. The van der Waals surface area contributed by atoms with Gasteiger partial charge in [-0.3, -0.25) is 19.7 Å². The minimum atomic E-state index is -0.856. The lowest BCUT2D eigenvalue weighted by molar-refractivity contribution is -0.385. The molecule has 0 saturated carbocycles. The standard InChI is InChI=1S/C21H22N2O7/c1-4-29-20-10-9-17(11-18(20)23(27)28)21(26)30-12-19(25)16-7-5-15(6-8-16)13(2)22-14(3)24/h5-11,13H,4,12H2,1-3H3,(H,22,24)/t13-/m1/s1. The van der Waals surface area contributed by atoms with Gasteiger partial charge in [-0.2, -0.15) is 0 Å². The molecule has 0 aliphatic rings. The first-order valence-electron chi connectivity index (χ1n) is 9.21. The van der Waals surface area contributed by atoms with E-state index in [0.29, 0.717) is 5.56 Å². The van der Waals surface area contributed by atoms with Gasteiger partial charge in [0.2, 0.25) is 5.91 Å². The Labute approximate surface area is 173 Å². The molecule has 0 aliphatic carbocycles. The number of amides is 1. The molecule has 1 atom stereocenters. The normalized spacial score (nSPS) is 11.3. The maximum absolute atomic E-state index is 12.3. The van der Waals surface area contributed by atoms with E-state index in [4.69, 9.17) is 9.47 Å². The number of nitrogens with one attached hydrogen (secondary N) is 1. The van der Waals surface area contributed by atoms with Gasteiger partial charge in [0.05, 0.1) is 23.1 Å². The van der Waals surface area contributed by atoms with Crippen molar-refractivity contribution in [3.63, 3.8) is 0 Å². The van der Waals surface area contributed by atoms with Crippen LogP contribution in [0.3, 0.4) is 0 Å². The van der Waals surface area contributed by atoms with Crippen LogP contribution in [0, 0.1) is 10.1 Å². The number of Topliss-reactive ketones (excluding diaryl/α,β-unsaturated/α-hetero) is 1. The highest BCUT2D eigenvalue weighted by Crippen LogP contribution is 2.28. The highest BCUT2D eigenvalue weighted by atomic mass is 16.6. The fraction of sp³-hybridized carbons (Fsp3) is 0.286. The summed E-state index contributed by atoms with van der Waals surface area (Å²) in [5.74, 6) is -1.40. The molecule has 158 valence electrons. The van der Waals surface area contributed by atoms with Crippen molar-refractivity contribution in [1.82, 2.24) is 5.32 Å². The predicted octanol–water partition coefficient (Wildman–Crippen LogP) is 3.23. The van der Waals surface area contributed by atoms with Gasteiger partial charge < -0.3 is 14.8 Å². The molecule has 0 saturated heterocycles. The lowest BCUT2D eigenvalue weighted by Gasteiger charge is -2.13.